The third-order valence-electron chi connectivity index (χ3n) is 6.80. The molecule has 0 bridgehead atoms. The molecule has 2 N–H and O–H groups in total. The Labute approximate surface area is 223 Å². The van der Waals surface area contributed by atoms with E-state index in [1.165, 1.54) is 6.07 Å². The van der Waals surface area contributed by atoms with Crippen LogP contribution in [0.1, 0.15) is 33.5 Å². The lowest BCUT2D eigenvalue weighted by atomic mass is 10.0. The highest BCUT2D eigenvalue weighted by Crippen LogP contribution is 2.31. The lowest BCUT2D eigenvalue weighted by Crippen LogP contribution is -2.44. The summed E-state index contributed by atoms with van der Waals surface area (Å²) in [7, 11) is 0. The van der Waals surface area contributed by atoms with Crippen LogP contribution in [0.5, 0.6) is 5.75 Å². The van der Waals surface area contributed by atoms with E-state index < -0.39 is 0 Å². The third-order valence-corrected chi connectivity index (χ3v) is 7.16. The highest BCUT2D eigenvalue weighted by atomic mass is 32.1. The van der Waals surface area contributed by atoms with Crippen LogP contribution in [-0.2, 0) is 13.0 Å². The van der Waals surface area contributed by atoms with Crippen LogP contribution < -0.4 is 15.4 Å². The first-order valence-electron chi connectivity index (χ1n) is 12.3. The Hall–Kier alpha value is -4.38. The summed E-state index contributed by atoms with van der Waals surface area (Å²) in [5, 5.41) is 14.8. The summed E-state index contributed by atoms with van der Waals surface area (Å²) >= 11 is 5.48. The number of carbonyl (C=O) groups is 1. The molecule has 4 aromatic rings. The van der Waals surface area contributed by atoms with E-state index in [2.05, 4.69) is 31.9 Å². The molecule has 0 fully saturated rings. The molecule has 0 radical (unpaired) electrons. The number of fused-ring (bicyclic) bond motifs is 2. The second-order valence-corrected chi connectivity index (χ2v) is 9.41. The van der Waals surface area contributed by atoms with Crippen molar-refractivity contribution in [3.8, 4) is 5.75 Å². The fourth-order valence-corrected chi connectivity index (χ4v) is 5.05. The van der Waals surface area contributed by atoms with Gasteiger partial charge in [-0.15, -0.1) is 10.2 Å². The molecule has 6 rings (SSSR count). The average Bonchev–Trinajstić information content (AvgIpc) is 3.63. The molecule has 38 heavy (non-hydrogen) atoms. The Morgan fingerprint density at radius 2 is 2.03 bits per heavy atom. The first-order valence-corrected chi connectivity index (χ1v) is 12.7. The van der Waals surface area contributed by atoms with Gasteiger partial charge in [0.1, 0.15) is 17.9 Å². The zero-order valence-electron chi connectivity index (χ0n) is 20.4. The maximum atomic E-state index is 14.6. The Balaban J connectivity index is 1.16. The summed E-state index contributed by atoms with van der Waals surface area (Å²) in [6.07, 6.45) is 6.79. The molecule has 0 spiro atoms. The molecule has 0 atom stereocenters. The van der Waals surface area contributed by atoms with E-state index in [1.54, 1.807) is 35.1 Å². The highest BCUT2D eigenvalue weighted by molar-refractivity contribution is 7.80. The van der Waals surface area contributed by atoms with Crippen LogP contribution in [0.4, 0.5) is 10.3 Å². The van der Waals surface area contributed by atoms with Gasteiger partial charge in [-0.25, -0.2) is 9.37 Å². The summed E-state index contributed by atoms with van der Waals surface area (Å²) in [6.45, 7) is 2.01. The summed E-state index contributed by atoms with van der Waals surface area (Å²) in [6, 6.07) is 12.1. The van der Waals surface area contributed by atoms with Crippen molar-refractivity contribution < 1.29 is 13.9 Å². The molecule has 0 aliphatic carbocycles. The van der Waals surface area contributed by atoms with E-state index in [9.17, 15) is 9.18 Å². The number of benzene rings is 2. The lowest BCUT2D eigenvalue weighted by Gasteiger charge is -2.28. The quantitative estimate of drug-likeness (QED) is 0.379. The summed E-state index contributed by atoms with van der Waals surface area (Å²) < 4.78 is 21.9. The zero-order chi connectivity index (χ0) is 26.1. The van der Waals surface area contributed by atoms with Gasteiger partial charge in [0.05, 0.1) is 6.61 Å². The second-order valence-electron chi connectivity index (χ2n) is 9.03. The number of amides is 1. The van der Waals surface area contributed by atoms with Crippen LogP contribution in [0.25, 0.3) is 11.2 Å². The Kier molecular flexibility index (Phi) is 6.42. The molecule has 11 heteroatoms. The molecular formula is C27H24FN7O2S. The largest absolute Gasteiger partial charge is 0.493 e. The molecule has 4 heterocycles. The number of hydrogen-bond acceptors (Lipinski definition) is 7. The number of carbonyl (C=O) groups excluding carboxylic acids is 1. The Morgan fingerprint density at radius 1 is 1.16 bits per heavy atom. The number of nitrogens with zero attached hydrogens (tertiary/aromatic N) is 5. The van der Waals surface area contributed by atoms with Gasteiger partial charge in [0.15, 0.2) is 10.8 Å². The fraction of sp³-hybridized carbons (Fsp3) is 0.222. The minimum atomic E-state index is -0.270. The summed E-state index contributed by atoms with van der Waals surface area (Å²) in [4.78, 5) is 19.0. The van der Waals surface area contributed by atoms with Crippen molar-refractivity contribution in [3.63, 3.8) is 0 Å². The van der Waals surface area contributed by atoms with Crippen LogP contribution in [0.2, 0.25) is 0 Å². The van der Waals surface area contributed by atoms with E-state index in [4.69, 9.17) is 17.0 Å². The van der Waals surface area contributed by atoms with Gasteiger partial charge >= 0.3 is 0 Å². The predicted octanol–water partition coefficient (Wildman–Crippen LogP) is 3.61. The van der Waals surface area contributed by atoms with Gasteiger partial charge in [-0.3, -0.25) is 14.5 Å². The smallest absolute Gasteiger partial charge is 0.257 e. The number of anilines is 1. The molecule has 2 aliphatic heterocycles. The molecular weight excluding hydrogens is 505 g/mol. The van der Waals surface area contributed by atoms with Gasteiger partial charge in [0.2, 0.25) is 5.95 Å². The van der Waals surface area contributed by atoms with Crippen molar-refractivity contribution in [2.45, 2.75) is 19.4 Å². The summed E-state index contributed by atoms with van der Waals surface area (Å²) in [5.74, 6) is 0.759. The molecule has 0 saturated heterocycles. The van der Waals surface area contributed by atoms with Crippen molar-refractivity contribution in [1.82, 2.24) is 29.8 Å². The van der Waals surface area contributed by atoms with E-state index in [-0.39, 0.29) is 18.3 Å². The van der Waals surface area contributed by atoms with Crippen molar-refractivity contribution in [1.29, 1.82) is 0 Å². The number of thiocarbonyl (C=S) groups is 1. The Morgan fingerprint density at radius 3 is 2.84 bits per heavy atom. The first kappa shape index (κ1) is 24.0. The van der Waals surface area contributed by atoms with Gasteiger partial charge in [-0.05, 0) is 48.5 Å². The molecule has 192 valence electrons. The number of nitrogens with one attached hydrogen (secondary N) is 2. The zero-order valence-corrected chi connectivity index (χ0v) is 21.2. The Bertz CT molecular complexity index is 1570. The minimum absolute atomic E-state index is 0.226. The van der Waals surface area contributed by atoms with Crippen molar-refractivity contribution in [2.75, 3.05) is 25.0 Å². The number of rotatable bonds is 5. The van der Waals surface area contributed by atoms with Crippen molar-refractivity contribution in [3.05, 3.63) is 89.1 Å². The van der Waals surface area contributed by atoms with E-state index in [0.29, 0.717) is 60.4 Å². The monoisotopic (exact) mass is 529 g/mol. The minimum Gasteiger partial charge on any atom is -0.493 e. The molecule has 2 aromatic heterocycles. The highest BCUT2D eigenvalue weighted by Gasteiger charge is 2.22. The maximum absolute atomic E-state index is 14.6. The first-order chi connectivity index (χ1) is 18.6. The van der Waals surface area contributed by atoms with E-state index >= 15 is 0 Å². The average molecular weight is 530 g/mol. The van der Waals surface area contributed by atoms with Crippen LogP contribution in [0.3, 0.4) is 0 Å². The predicted molar refractivity (Wildman–Crippen MR) is 144 cm³/mol. The second kappa shape index (κ2) is 10.2. The normalized spacial score (nSPS) is 14.6. The van der Waals surface area contributed by atoms with Crippen molar-refractivity contribution >= 4 is 40.4 Å². The number of ether oxygens (including phenoxy) is 1. The van der Waals surface area contributed by atoms with Crippen molar-refractivity contribution in [2.24, 2.45) is 0 Å². The molecule has 0 unspecified atom stereocenters. The SMILES string of the molecule is O=C(NC(=S)N1CC=C(c2cnc(NCc3c(F)ccc4c3CCO4)n3cnnc23)CC1)c1ccccc1. The van der Waals surface area contributed by atoms with Gasteiger partial charge in [0, 0.05) is 54.5 Å². The number of aromatic nitrogens is 4. The van der Waals surface area contributed by atoms with Gasteiger partial charge < -0.3 is 15.0 Å². The molecule has 2 aliphatic rings. The van der Waals surface area contributed by atoms with Gasteiger partial charge in [-0.1, -0.05) is 24.3 Å². The molecule has 9 nitrogen and oxygen atoms in total. The summed E-state index contributed by atoms with van der Waals surface area (Å²) in [5.41, 5.74) is 4.63. The van der Waals surface area contributed by atoms with E-state index in [1.807, 2.05) is 23.1 Å². The van der Waals surface area contributed by atoms with E-state index in [0.717, 1.165) is 22.4 Å². The van der Waals surface area contributed by atoms with Crippen LogP contribution in [0, 0.1) is 5.82 Å². The van der Waals surface area contributed by atoms with Crippen LogP contribution in [-0.4, -0.2) is 55.2 Å². The van der Waals surface area contributed by atoms with Crippen LogP contribution in [0.15, 0.2) is 61.1 Å². The maximum Gasteiger partial charge on any atom is 0.257 e. The molecule has 1 amide bonds. The topological polar surface area (TPSA) is 96.7 Å². The lowest BCUT2D eigenvalue weighted by molar-refractivity contribution is 0.0973. The number of hydrogen-bond donors (Lipinski definition) is 2. The number of halogens is 1. The molecule has 2 aromatic carbocycles. The fourth-order valence-electron chi connectivity index (χ4n) is 4.79. The third kappa shape index (κ3) is 4.56. The molecule has 0 saturated carbocycles. The van der Waals surface area contributed by atoms with Gasteiger partial charge in [0.25, 0.3) is 5.91 Å². The van der Waals surface area contributed by atoms with Gasteiger partial charge in [-0.2, -0.15) is 0 Å². The standard InChI is InChI=1S/C27H24FN7O2S/c28-22-6-7-23-19(10-13-37-23)21(22)15-30-26-29-14-20(24-33-31-16-35(24)26)17-8-11-34(12-9-17)27(38)32-25(36)18-4-2-1-3-5-18/h1-8,14,16H,9-13,15H2,(H,29,30)(H,32,36,38). The van der Waals surface area contributed by atoms with Crippen LogP contribution >= 0.6 is 12.2 Å².